The number of carbonyl (C=O) groups excluding carboxylic acids is 2. The van der Waals surface area contributed by atoms with E-state index in [0.29, 0.717) is 12.1 Å². The lowest BCUT2D eigenvalue weighted by Gasteiger charge is -2.33. The number of thiophene rings is 1. The Kier molecular flexibility index (Phi) is 6.15. The molecule has 0 fully saturated rings. The Morgan fingerprint density at radius 2 is 1.96 bits per heavy atom. The molecule has 3 heterocycles. The number of nitrogens with one attached hydrogen (secondary N) is 1. The molecule has 0 spiro atoms. The van der Waals surface area contributed by atoms with Crippen LogP contribution in [0.4, 0.5) is 0 Å². The molecule has 9 heteroatoms. The minimum Gasteiger partial charge on any atom is -0.349 e. The van der Waals surface area contributed by atoms with Gasteiger partial charge in [-0.1, -0.05) is 10.6 Å². The highest BCUT2D eigenvalue weighted by atomic mass is 32.1. The molecule has 1 N–H and O–H groups in total. The average Bonchev–Trinajstić information content (AvgIpc) is 3.34. The molecule has 3 aromatic heterocycles. The van der Waals surface area contributed by atoms with Gasteiger partial charge < -0.3 is 10.2 Å². The maximum Gasteiger partial charge on any atom is 0.276 e. The number of hydrogen-bond donors (Lipinski definition) is 1. The summed E-state index contributed by atoms with van der Waals surface area (Å²) in [7, 11) is 0. The zero-order valence-corrected chi connectivity index (χ0v) is 17.5. The maximum atomic E-state index is 13.3. The van der Waals surface area contributed by atoms with Crippen molar-refractivity contribution in [3.63, 3.8) is 0 Å². The van der Waals surface area contributed by atoms with Crippen molar-refractivity contribution < 1.29 is 9.59 Å². The van der Waals surface area contributed by atoms with Gasteiger partial charge in [0.05, 0.1) is 6.54 Å². The molecule has 28 heavy (non-hydrogen) atoms. The number of rotatable bonds is 6. The molecule has 0 aliphatic rings. The summed E-state index contributed by atoms with van der Waals surface area (Å²) >= 11 is 2.63. The quantitative estimate of drug-likeness (QED) is 0.667. The Hall–Kier alpha value is -2.65. The third-order valence-electron chi connectivity index (χ3n) is 3.83. The zero-order chi connectivity index (χ0) is 20.1. The van der Waals surface area contributed by atoms with Crippen LogP contribution < -0.4 is 5.32 Å². The molecule has 0 unspecified atom stereocenters. The molecule has 0 radical (unpaired) electrons. The van der Waals surface area contributed by atoms with Crippen LogP contribution in [0.2, 0.25) is 0 Å². The van der Waals surface area contributed by atoms with Gasteiger partial charge in [0.25, 0.3) is 5.91 Å². The second-order valence-electron chi connectivity index (χ2n) is 7.22. The molecule has 0 saturated carbocycles. The molecule has 0 aromatic carbocycles. The summed E-state index contributed by atoms with van der Waals surface area (Å²) in [6.07, 6.45) is 3.23. The van der Waals surface area contributed by atoms with Crippen molar-refractivity contribution in [3.05, 3.63) is 63.6 Å². The van der Waals surface area contributed by atoms with Gasteiger partial charge in [-0.05, 0) is 61.4 Å². The molecule has 2 amide bonds. The van der Waals surface area contributed by atoms with Gasteiger partial charge in [-0.15, -0.1) is 16.4 Å². The highest BCUT2D eigenvalue weighted by Crippen LogP contribution is 2.27. The first-order valence-corrected chi connectivity index (χ1v) is 10.4. The molecule has 3 rings (SSSR count). The average molecular weight is 416 g/mol. The number of aromatic nitrogens is 3. The number of hydrogen-bond acceptors (Lipinski definition) is 7. The zero-order valence-electron chi connectivity index (χ0n) is 15.8. The summed E-state index contributed by atoms with van der Waals surface area (Å²) in [5.74, 6) is -0.597. The van der Waals surface area contributed by atoms with E-state index < -0.39 is 11.6 Å². The first kappa shape index (κ1) is 20.1. The standard InChI is InChI=1S/C19H21N5O2S2/c1-19(2,3)21-17(25)16(13-6-8-20-9-7-13)24(11-14-5-4-10-27-14)18(26)15-12-28-23-22-15/h4-10,12,16H,11H2,1-3H3,(H,21,25)/t16-/m0/s1. The lowest BCUT2D eigenvalue weighted by Crippen LogP contribution is -2.49. The molecule has 7 nitrogen and oxygen atoms in total. The van der Waals surface area contributed by atoms with Gasteiger partial charge in [-0.3, -0.25) is 14.6 Å². The SMILES string of the molecule is CC(C)(C)NC(=O)[C@H](c1ccncc1)N(Cc1cccs1)C(=O)c1csnn1. The summed E-state index contributed by atoms with van der Waals surface area (Å²) in [6.45, 7) is 6.01. The fraction of sp³-hybridized carbons (Fsp3) is 0.316. The van der Waals surface area contributed by atoms with E-state index in [2.05, 4.69) is 19.9 Å². The summed E-state index contributed by atoms with van der Waals surface area (Å²) in [6, 6.07) is 6.54. The second kappa shape index (κ2) is 8.57. The Labute approximate surface area is 171 Å². The first-order chi connectivity index (χ1) is 13.3. The van der Waals surface area contributed by atoms with Crippen LogP contribution in [0.1, 0.15) is 47.7 Å². The molecule has 0 saturated heterocycles. The van der Waals surface area contributed by atoms with Crippen LogP contribution in [0, 0.1) is 0 Å². The van der Waals surface area contributed by atoms with E-state index in [0.717, 1.165) is 16.4 Å². The third kappa shape index (κ3) is 4.99. The fourth-order valence-electron chi connectivity index (χ4n) is 2.71. The van der Waals surface area contributed by atoms with Crippen molar-refractivity contribution in [1.29, 1.82) is 0 Å². The van der Waals surface area contributed by atoms with Gasteiger partial charge in [0.2, 0.25) is 5.91 Å². The maximum absolute atomic E-state index is 13.3. The molecule has 1 atom stereocenters. The van der Waals surface area contributed by atoms with Crippen molar-refractivity contribution in [1.82, 2.24) is 24.8 Å². The van der Waals surface area contributed by atoms with Gasteiger partial charge >= 0.3 is 0 Å². The minimum absolute atomic E-state index is 0.226. The van der Waals surface area contributed by atoms with Crippen LogP contribution in [0.3, 0.4) is 0 Å². The van der Waals surface area contributed by atoms with E-state index in [1.165, 1.54) is 11.3 Å². The Balaban J connectivity index is 2.04. The van der Waals surface area contributed by atoms with Crippen LogP contribution in [-0.2, 0) is 11.3 Å². The second-order valence-corrected chi connectivity index (χ2v) is 8.87. The summed E-state index contributed by atoms with van der Waals surface area (Å²) < 4.78 is 3.80. The number of carbonyl (C=O) groups is 2. The van der Waals surface area contributed by atoms with Crippen LogP contribution in [0.5, 0.6) is 0 Å². The highest BCUT2D eigenvalue weighted by Gasteiger charge is 2.34. The topological polar surface area (TPSA) is 88.1 Å². The van der Waals surface area contributed by atoms with Gasteiger partial charge in [0, 0.05) is 28.2 Å². The van der Waals surface area contributed by atoms with Crippen LogP contribution in [-0.4, -0.2) is 36.8 Å². The van der Waals surface area contributed by atoms with E-state index in [9.17, 15) is 9.59 Å². The molecule has 3 aromatic rings. The minimum atomic E-state index is -0.821. The fourth-order valence-corrected chi connectivity index (χ4v) is 3.84. The predicted octanol–water partition coefficient (Wildman–Crippen LogP) is 3.29. The van der Waals surface area contributed by atoms with E-state index in [-0.39, 0.29) is 17.5 Å². The monoisotopic (exact) mass is 415 g/mol. The normalized spacial score (nSPS) is 12.4. The smallest absolute Gasteiger partial charge is 0.276 e. The van der Waals surface area contributed by atoms with Crippen molar-refractivity contribution in [2.75, 3.05) is 0 Å². The van der Waals surface area contributed by atoms with Gasteiger partial charge in [-0.25, -0.2) is 0 Å². The number of amides is 2. The van der Waals surface area contributed by atoms with Crippen molar-refractivity contribution >= 4 is 34.7 Å². The largest absolute Gasteiger partial charge is 0.349 e. The molecule has 0 aliphatic carbocycles. The van der Waals surface area contributed by atoms with Gasteiger partial charge in [0.15, 0.2) is 5.69 Å². The van der Waals surface area contributed by atoms with Gasteiger partial charge in [-0.2, -0.15) is 0 Å². The van der Waals surface area contributed by atoms with Crippen LogP contribution >= 0.6 is 22.9 Å². The molecule has 146 valence electrons. The van der Waals surface area contributed by atoms with E-state index in [1.807, 2.05) is 38.3 Å². The molecule has 0 aliphatic heterocycles. The van der Waals surface area contributed by atoms with E-state index in [1.54, 1.807) is 34.8 Å². The van der Waals surface area contributed by atoms with Crippen molar-refractivity contribution in [2.45, 2.75) is 38.9 Å². The number of nitrogens with zero attached hydrogens (tertiary/aromatic N) is 4. The molecular weight excluding hydrogens is 394 g/mol. The predicted molar refractivity (Wildman–Crippen MR) is 109 cm³/mol. The number of pyridine rings is 1. The Bertz CT molecular complexity index is 906. The first-order valence-electron chi connectivity index (χ1n) is 8.67. The summed E-state index contributed by atoms with van der Waals surface area (Å²) in [5, 5.41) is 10.4. The van der Waals surface area contributed by atoms with Gasteiger partial charge in [0.1, 0.15) is 6.04 Å². The van der Waals surface area contributed by atoms with Crippen molar-refractivity contribution in [2.24, 2.45) is 0 Å². The molecule has 0 bridgehead atoms. The summed E-state index contributed by atoms with van der Waals surface area (Å²) in [5.41, 5.74) is 0.469. The van der Waals surface area contributed by atoms with Crippen molar-refractivity contribution in [3.8, 4) is 0 Å². The lowest BCUT2D eigenvalue weighted by atomic mass is 10.0. The molecular formula is C19H21N5O2S2. The Morgan fingerprint density at radius 1 is 1.21 bits per heavy atom. The lowest BCUT2D eigenvalue weighted by molar-refractivity contribution is -0.127. The third-order valence-corrected chi connectivity index (χ3v) is 5.19. The summed E-state index contributed by atoms with van der Waals surface area (Å²) in [4.78, 5) is 33.1. The van der Waals surface area contributed by atoms with Crippen LogP contribution in [0.25, 0.3) is 0 Å². The van der Waals surface area contributed by atoms with Crippen LogP contribution in [0.15, 0.2) is 47.4 Å². The Morgan fingerprint density at radius 3 is 2.54 bits per heavy atom. The highest BCUT2D eigenvalue weighted by molar-refractivity contribution is 7.09. The van der Waals surface area contributed by atoms with E-state index in [4.69, 9.17) is 0 Å². The van der Waals surface area contributed by atoms with E-state index >= 15 is 0 Å².